The molecule has 0 aliphatic carbocycles. The lowest BCUT2D eigenvalue weighted by Crippen LogP contribution is -2.40. The Morgan fingerprint density at radius 2 is 1.58 bits per heavy atom. The third-order valence-electron chi connectivity index (χ3n) is 8.24. The number of ether oxygens (including phenoxy) is 1. The largest absolute Gasteiger partial charge is 0.463 e. The van der Waals surface area contributed by atoms with E-state index in [1.54, 1.807) is 24.5 Å². The number of carbonyl (C=O) groups is 1. The van der Waals surface area contributed by atoms with Gasteiger partial charge in [-0.1, -0.05) is 118 Å². The first kappa shape index (κ1) is 31.8. The zero-order valence-electron chi connectivity index (χ0n) is 26.1. The lowest BCUT2D eigenvalue weighted by molar-refractivity contribution is -0.139. The summed E-state index contributed by atoms with van der Waals surface area (Å²) in [5.41, 5.74) is 6.93. The van der Waals surface area contributed by atoms with Gasteiger partial charge in [0.15, 0.2) is 4.80 Å². The molecule has 0 unspecified atom stereocenters. The number of halogens is 2. The standard InChI is InChI=1S/C39H29BrClN3O3S/c1-3-47-38(46)34-24(2)42-39-44(36(34)30-16-10-11-17-31(30)41)37(45)33(48-39)23-27-22-32(25-12-6-4-7-13-25)43(29-20-18-28(40)19-21-29)35(27)26-14-8-5-9-15-26/h4-23,36H,3H2,1-2H3/b33-23-/t36-/m1/s1. The molecule has 3 heterocycles. The number of allylic oxidation sites excluding steroid dienone is 1. The van der Waals surface area contributed by atoms with Crippen LogP contribution in [-0.4, -0.2) is 21.7 Å². The first-order chi connectivity index (χ1) is 23.4. The fraction of sp³-hybridized carbons (Fsp3) is 0.103. The van der Waals surface area contributed by atoms with Gasteiger partial charge < -0.3 is 9.30 Å². The van der Waals surface area contributed by atoms with Crippen LogP contribution in [0, 0.1) is 0 Å². The van der Waals surface area contributed by atoms with Crippen LogP contribution in [0.1, 0.15) is 31.0 Å². The number of hydrogen-bond donors (Lipinski definition) is 0. The van der Waals surface area contributed by atoms with Crippen LogP contribution in [-0.2, 0) is 9.53 Å². The van der Waals surface area contributed by atoms with Crippen LogP contribution in [0.15, 0.2) is 141 Å². The molecule has 1 atom stereocenters. The summed E-state index contributed by atoms with van der Waals surface area (Å²) in [7, 11) is 0. The normalized spacial score (nSPS) is 14.5. The lowest BCUT2D eigenvalue weighted by atomic mass is 9.96. The van der Waals surface area contributed by atoms with E-state index in [4.69, 9.17) is 21.3 Å². The summed E-state index contributed by atoms with van der Waals surface area (Å²) in [4.78, 5) is 33.1. The summed E-state index contributed by atoms with van der Waals surface area (Å²) in [6.45, 7) is 3.71. The van der Waals surface area contributed by atoms with Gasteiger partial charge in [-0.2, -0.15) is 0 Å². The van der Waals surface area contributed by atoms with Crippen molar-refractivity contribution in [3.05, 3.63) is 167 Å². The van der Waals surface area contributed by atoms with Crippen LogP contribution in [0.3, 0.4) is 0 Å². The average molecular weight is 735 g/mol. The Kier molecular flexibility index (Phi) is 8.88. The second-order valence-electron chi connectivity index (χ2n) is 11.2. The van der Waals surface area contributed by atoms with Crippen LogP contribution in [0.5, 0.6) is 0 Å². The number of esters is 1. The molecule has 0 saturated carbocycles. The third kappa shape index (κ3) is 5.81. The van der Waals surface area contributed by atoms with E-state index in [0.717, 1.165) is 38.2 Å². The third-order valence-corrected chi connectivity index (χ3v) is 10.1. The van der Waals surface area contributed by atoms with Gasteiger partial charge in [-0.3, -0.25) is 9.36 Å². The monoisotopic (exact) mass is 733 g/mol. The maximum absolute atomic E-state index is 14.5. The molecule has 0 fully saturated rings. The molecule has 2 aromatic heterocycles. The molecule has 1 aliphatic heterocycles. The highest BCUT2D eigenvalue weighted by Crippen LogP contribution is 2.37. The molecule has 0 N–H and O–H groups in total. The van der Waals surface area contributed by atoms with E-state index in [0.29, 0.717) is 31.2 Å². The van der Waals surface area contributed by atoms with E-state index in [1.165, 1.54) is 11.3 Å². The minimum atomic E-state index is -0.794. The summed E-state index contributed by atoms with van der Waals surface area (Å²) in [5.74, 6) is -0.525. The smallest absolute Gasteiger partial charge is 0.338 e. The zero-order valence-corrected chi connectivity index (χ0v) is 29.2. The Bertz CT molecular complexity index is 2380. The molecule has 0 spiro atoms. The van der Waals surface area contributed by atoms with E-state index in [1.807, 2.05) is 72.8 Å². The summed E-state index contributed by atoms with van der Waals surface area (Å²) >= 11 is 11.6. The van der Waals surface area contributed by atoms with Crippen molar-refractivity contribution in [2.24, 2.45) is 4.99 Å². The number of aromatic nitrogens is 2. The molecule has 6 aromatic rings. The van der Waals surface area contributed by atoms with Gasteiger partial charge in [-0.05, 0) is 73.0 Å². The second-order valence-corrected chi connectivity index (χ2v) is 13.5. The Morgan fingerprint density at radius 3 is 2.25 bits per heavy atom. The molecular formula is C39H29BrClN3O3S. The van der Waals surface area contributed by atoms with E-state index in [9.17, 15) is 9.59 Å². The van der Waals surface area contributed by atoms with Gasteiger partial charge in [0.25, 0.3) is 5.56 Å². The van der Waals surface area contributed by atoms with Gasteiger partial charge >= 0.3 is 5.97 Å². The molecule has 1 aliphatic rings. The minimum absolute atomic E-state index is 0.191. The number of thiazole rings is 1. The van der Waals surface area contributed by atoms with Crippen LogP contribution < -0.4 is 14.9 Å². The molecule has 7 rings (SSSR count). The fourth-order valence-electron chi connectivity index (χ4n) is 6.14. The second kappa shape index (κ2) is 13.4. The van der Waals surface area contributed by atoms with Gasteiger partial charge in [0.2, 0.25) is 0 Å². The van der Waals surface area contributed by atoms with Crippen LogP contribution in [0.2, 0.25) is 5.02 Å². The maximum atomic E-state index is 14.5. The van der Waals surface area contributed by atoms with Gasteiger partial charge in [0.05, 0.1) is 33.8 Å². The number of hydrogen-bond acceptors (Lipinski definition) is 5. The van der Waals surface area contributed by atoms with Gasteiger partial charge in [-0.25, -0.2) is 9.79 Å². The summed E-state index contributed by atoms with van der Waals surface area (Å²) in [6.07, 6.45) is 1.93. The Hall–Kier alpha value is -4.76. The number of fused-ring (bicyclic) bond motifs is 1. The summed E-state index contributed by atoms with van der Waals surface area (Å²) < 4.78 is 10.7. The van der Waals surface area contributed by atoms with E-state index in [-0.39, 0.29) is 12.2 Å². The SMILES string of the molecule is CCOC(=O)C1=C(C)N=c2s/c(=C\c3cc(-c4ccccc4)n(-c4ccc(Br)cc4)c3-c3ccccc3)c(=O)n2[C@@H]1c1ccccc1Cl. The molecular weight excluding hydrogens is 706 g/mol. The van der Waals surface area contributed by atoms with Crippen LogP contribution in [0.4, 0.5) is 0 Å². The molecule has 0 radical (unpaired) electrons. The lowest BCUT2D eigenvalue weighted by Gasteiger charge is -2.25. The highest BCUT2D eigenvalue weighted by molar-refractivity contribution is 9.10. The predicted octanol–water partition coefficient (Wildman–Crippen LogP) is 8.34. The molecule has 0 saturated heterocycles. The molecule has 4 aromatic carbocycles. The van der Waals surface area contributed by atoms with Crippen molar-refractivity contribution in [3.63, 3.8) is 0 Å². The van der Waals surface area contributed by atoms with Crippen molar-refractivity contribution in [3.8, 4) is 28.2 Å². The van der Waals surface area contributed by atoms with Crippen molar-refractivity contribution in [2.75, 3.05) is 6.61 Å². The number of carbonyl (C=O) groups excluding carboxylic acids is 1. The molecule has 48 heavy (non-hydrogen) atoms. The number of benzene rings is 4. The zero-order chi connectivity index (χ0) is 33.4. The van der Waals surface area contributed by atoms with Crippen LogP contribution in [0.25, 0.3) is 34.3 Å². The first-order valence-corrected chi connectivity index (χ1v) is 17.4. The van der Waals surface area contributed by atoms with Gasteiger partial charge in [0.1, 0.15) is 6.04 Å². The quantitative estimate of drug-likeness (QED) is 0.155. The summed E-state index contributed by atoms with van der Waals surface area (Å²) in [6, 6.07) is 37.1. The number of nitrogens with zero attached hydrogens (tertiary/aromatic N) is 3. The molecule has 0 bridgehead atoms. The van der Waals surface area contributed by atoms with Crippen molar-refractivity contribution >= 4 is 50.9 Å². The van der Waals surface area contributed by atoms with Gasteiger partial charge in [0, 0.05) is 20.7 Å². The van der Waals surface area contributed by atoms with Crippen molar-refractivity contribution < 1.29 is 9.53 Å². The first-order valence-electron chi connectivity index (χ1n) is 15.4. The fourth-order valence-corrected chi connectivity index (χ4v) is 7.68. The highest BCUT2D eigenvalue weighted by Gasteiger charge is 2.34. The number of rotatable bonds is 7. The maximum Gasteiger partial charge on any atom is 0.338 e. The highest BCUT2D eigenvalue weighted by atomic mass is 79.9. The summed E-state index contributed by atoms with van der Waals surface area (Å²) in [5, 5.41) is 0.444. The van der Waals surface area contributed by atoms with E-state index >= 15 is 0 Å². The van der Waals surface area contributed by atoms with Crippen molar-refractivity contribution in [1.29, 1.82) is 0 Å². The van der Waals surface area contributed by atoms with Crippen LogP contribution >= 0.6 is 38.9 Å². The van der Waals surface area contributed by atoms with Crippen molar-refractivity contribution in [1.82, 2.24) is 9.13 Å². The topological polar surface area (TPSA) is 65.6 Å². The Balaban J connectivity index is 1.52. The Morgan fingerprint density at radius 1 is 0.938 bits per heavy atom. The predicted molar refractivity (Wildman–Crippen MR) is 196 cm³/mol. The molecule has 6 nitrogen and oxygen atoms in total. The molecule has 9 heteroatoms. The molecule has 238 valence electrons. The minimum Gasteiger partial charge on any atom is -0.463 e. The van der Waals surface area contributed by atoms with E-state index in [2.05, 4.69) is 63.0 Å². The average Bonchev–Trinajstić information content (AvgIpc) is 3.62. The van der Waals surface area contributed by atoms with E-state index < -0.39 is 12.0 Å². The molecule has 0 amide bonds. The van der Waals surface area contributed by atoms with Crippen molar-refractivity contribution in [2.45, 2.75) is 19.9 Å². The Labute approximate surface area is 294 Å². The van der Waals surface area contributed by atoms with Gasteiger partial charge in [-0.15, -0.1) is 0 Å².